The minimum Gasteiger partial charge on any atom is -0.234 e. The van der Waals surface area contributed by atoms with Crippen molar-refractivity contribution < 1.29 is 0 Å². The van der Waals surface area contributed by atoms with E-state index in [-0.39, 0.29) is 17.1 Å². The van der Waals surface area contributed by atoms with Gasteiger partial charge < -0.3 is 0 Å². The Morgan fingerprint density at radius 2 is 2.25 bits per heavy atom. The van der Waals surface area contributed by atoms with E-state index in [2.05, 4.69) is 27.5 Å². The molecule has 0 aromatic heterocycles. The van der Waals surface area contributed by atoms with Gasteiger partial charge in [-0.15, -0.1) is 9.83 Å². The van der Waals surface area contributed by atoms with Crippen LogP contribution in [0.4, 0.5) is 0 Å². The maximum atomic E-state index is 4.42. The van der Waals surface area contributed by atoms with Crippen LogP contribution in [0.5, 0.6) is 0 Å². The molecule has 4 heteroatoms. The van der Waals surface area contributed by atoms with Crippen LogP contribution in [0.2, 0.25) is 0 Å². The molecule has 1 rings (SSSR count). The van der Waals surface area contributed by atoms with Crippen molar-refractivity contribution in [3.8, 4) is 0 Å². The highest BCUT2D eigenvalue weighted by Crippen LogP contribution is 2.30. The Balaban J connectivity index is 2.33. The monoisotopic (exact) mass is 390 g/mol. The van der Waals surface area contributed by atoms with Crippen LogP contribution in [0.1, 0.15) is 19.8 Å². The van der Waals surface area contributed by atoms with E-state index in [1.54, 1.807) is 0 Å². The van der Waals surface area contributed by atoms with Gasteiger partial charge in [0.1, 0.15) is 0 Å². The van der Waals surface area contributed by atoms with E-state index < -0.39 is 0 Å². The van der Waals surface area contributed by atoms with Crippen molar-refractivity contribution >= 4 is 37.9 Å². The Kier molecular flexibility index (Phi) is 4.55. The summed E-state index contributed by atoms with van der Waals surface area (Å²) in [5.74, 6) is 0. The van der Waals surface area contributed by atoms with Crippen LogP contribution in [0.3, 0.4) is 0 Å². The summed E-state index contributed by atoms with van der Waals surface area (Å²) >= 11 is 0.466. The SMILES string of the molecule is C=C(C)CCC(=C)N1C=II=N1. The number of hydrogen-bond donors (Lipinski definition) is 0. The van der Waals surface area contributed by atoms with Crippen molar-refractivity contribution in [2.45, 2.75) is 19.8 Å². The fourth-order valence-corrected chi connectivity index (χ4v) is 6.48. The number of rotatable bonds is 4. The number of nitrogens with zero attached hydrogens (tertiary/aromatic N) is 2. The topological polar surface area (TPSA) is 15.6 Å². The molecule has 2 nitrogen and oxygen atoms in total. The highest BCUT2D eigenvalue weighted by molar-refractivity contribution is 15.1. The molecule has 0 aromatic rings. The minimum atomic E-state index is 0.163. The number of hydrogen-bond acceptors (Lipinski definition) is 2. The fraction of sp³-hybridized carbons (Fsp3) is 0.375. The van der Waals surface area contributed by atoms with Crippen LogP contribution < -0.4 is 0 Å². The summed E-state index contributed by atoms with van der Waals surface area (Å²) in [6, 6.07) is 0. The molecule has 0 radical (unpaired) electrons. The third kappa shape index (κ3) is 3.42. The lowest BCUT2D eigenvalue weighted by Gasteiger charge is -2.12. The zero-order chi connectivity index (χ0) is 8.97. The van der Waals surface area contributed by atoms with Gasteiger partial charge in [0.2, 0.25) is 0 Å². The van der Waals surface area contributed by atoms with Gasteiger partial charge >= 0.3 is 0 Å². The average molecular weight is 390 g/mol. The molecule has 1 aliphatic rings. The molecule has 0 bridgehead atoms. The van der Waals surface area contributed by atoms with Gasteiger partial charge in [-0.1, -0.05) is 12.2 Å². The van der Waals surface area contributed by atoms with Crippen LogP contribution in [-0.4, -0.2) is 9.14 Å². The first-order valence-electron chi connectivity index (χ1n) is 3.63. The average Bonchev–Trinajstić information content (AvgIpc) is 2.51. The second kappa shape index (κ2) is 5.21. The van der Waals surface area contributed by atoms with Gasteiger partial charge in [-0.2, -0.15) is 0 Å². The Bertz CT molecular complexity index is 244. The summed E-state index contributed by atoms with van der Waals surface area (Å²) in [6.07, 6.45) is 2.04. The number of halogens is 2. The molecule has 0 atom stereocenters. The van der Waals surface area contributed by atoms with Crippen LogP contribution >= 0.6 is 33.8 Å². The van der Waals surface area contributed by atoms with Crippen molar-refractivity contribution in [2.75, 3.05) is 0 Å². The predicted molar refractivity (Wildman–Crippen MR) is 71.6 cm³/mol. The first-order valence-corrected chi connectivity index (χ1v) is 12.1. The van der Waals surface area contributed by atoms with Gasteiger partial charge in [-0.3, -0.25) is 0 Å². The smallest absolute Gasteiger partial charge is 0.0884 e. The first kappa shape index (κ1) is 10.5. The van der Waals surface area contributed by atoms with E-state index >= 15 is 0 Å². The first-order chi connectivity index (χ1) is 5.70. The molecule has 12 heavy (non-hydrogen) atoms. The van der Waals surface area contributed by atoms with Crippen LogP contribution in [-0.2, 0) is 0 Å². The largest absolute Gasteiger partial charge is 0.234 e. The van der Waals surface area contributed by atoms with E-state index in [1.807, 2.05) is 5.01 Å². The molecule has 0 N–H and O–H groups in total. The molecule has 0 saturated carbocycles. The summed E-state index contributed by atoms with van der Waals surface area (Å²) in [5.41, 5.74) is 2.36. The molecule has 68 valence electrons. The molecule has 0 saturated heterocycles. The Morgan fingerprint density at radius 1 is 1.50 bits per heavy atom. The standard InChI is InChI=1S/C8H12I2N2/c1-7(2)4-5-8(3)12-6-9-10-11-12/h6H,1,3-5H2,2H3. The zero-order valence-electron chi connectivity index (χ0n) is 7.06. The molecule has 0 unspecified atom stereocenters. The van der Waals surface area contributed by atoms with E-state index in [9.17, 15) is 0 Å². The highest BCUT2D eigenvalue weighted by Gasteiger charge is 2.05. The van der Waals surface area contributed by atoms with Crippen molar-refractivity contribution in [3.05, 3.63) is 24.4 Å². The second-order valence-electron chi connectivity index (χ2n) is 2.69. The van der Waals surface area contributed by atoms with Gasteiger partial charge in [0.25, 0.3) is 0 Å². The van der Waals surface area contributed by atoms with Crippen molar-refractivity contribution in [3.63, 3.8) is 0 Å². The lowest BCUT2D eigenvalue weighted by atomic mass is 10.1. The zero-order valence-corrected chi connectivity index (χ0v) is 11.4. The lowest BCUT2D eigenvalue weighted by molar-refractivity contribution is 0.565. The molecule has 0 aliphatic carbocycles. The summed E-state index contributed by atoms with van der Waals surface area (Å²) in [5, 5.41) is 2.00. The third-order valence-corrected chi connectivity index (χ3v) is 6.94. The van der Waals surface area contributed by atoms with E-state index in [0.717, 1.165) is 18.5 Å². The molecule has 1 aliphatic heterocycles. The molecular weight excluding hydrogens is 378 g/mol. The van der Waals surface area contributed by atoms with E-state index in [0.29, 0.717) is 16.8 Å². The normalized spacial score (nSPS) is 15.2. The molecular formula is C8H12I2N2. The lowest BCUT2D eigenvalue weighted by Crippen LogP contribution is -2.09. The minimum absolute atomic E-state index is 0.163. The van der Waals surface area contributed by atoms with Crippen LogP contribution in [0, 0.1) is 0 Å². The van der Waals surface area contributed by atoms with Crippen molar-refractivity contribution in [2.24, 2.45) is 3.25 Å². The molecule has 0 spiro atoms. The van der Waals surface area contributed by atoms with Gasteiger partial charge in [-0.25, -0.2) is 5.01 Å². The van der Waals surface area contributed by atoms with E-state index in [1.165, 1.54) is 5.57 Å². The van der Waals surface area contributed by atoms with Crippen molar-refractivity contribution in [1.29, 1.82) is 0 Å². The van der Waals surface area contributed by atoms with Crippen LogP contribution in [0.25, 0.3) is 0 Å². The highest BCUT2D eigenvalue weighted by atomic mass is 128. The van der Waals surface area contributed by atoms with E-state index in [4.69, 9.17) is 0 Å². The van der Waals surface area contributed by atoms with Gasteiger partial charge in [0.05, 0.1) is 21.2 Å². The van der Waals surface area contributed by atoms with Gasteiger partial charge in [0.15, 0.2) is 0 Å². The maximum Gasteiger partial charge on any atom is 0.0884 e. The van der Waals surface area contributed by atoms with Gasteiger partial charge in [0, 0.05) is 5.70 Å². The summed E-state index contributed by atoms with van der Waals surface area (Å²) in [4.78, 5) is 0. The second-order valence-corrected chi connectivity index (χ2v) is 10.1. The fourth-order valence-electron chi connectivity index (χ4n) is 0.710. The summed E-state index contributed by atoms with van der Waals surface area (Å²) < 4.78 is 6.66. The maximum absolute atomic E-state index is 4.42. The molecule has 0 amide bonds. The molecule has 0 aromatic carbocycles. The third-order valence-electron chi connectivity index (χ3n) is 1.44. The Labute approximate surface area is 89.6 Å². The Morgan fingerprint density at radius 3 is 2.75 bits per heavy atom. The Hall–Kier alpha value is 0.410. The summed E-state index contributed by atoms with van der Waals surface area (Å²) in [6.45, 7) is 9.92. The quantitative estimate of drug-likeness (QED) is 0.526. The van der Waals surface area contributed by atoms with Gasteiger partial charge in [-0.05, 0) is 36.5 Å². The van der Waals surface area contributed by atoms with Crippen molar-refractivity contribution in [1.82, 2.24) is 5.01 Å². The predicted octanol–water partition coefficient (Wildman–Crippen LogP) is 3.89. The van der Waals surface area contributed by atoms with Crippen LogP contribution in [0.15, 0.2) is 27.7 Å². The number of allylic oxidation sites excluding steroid dienone is 2. The molecule has 0 fully saturated rings. The summed E-state index contributed by atoms with van der Waals surface area (Å²) in [7, 11) is 0. The molecule has 1 heterocycles.